The van der Waals surface area contributed by atoms with Gasteiger partial charge in [0.25, 0.3) is 5.91 Å². The zero-order chi connectivity index (χ0) is 16.8. The van der Waals surface area contributed by atoms with E-state index in [9.17, 15) is 4.79 Å². The van der Waals surface area contributed by atoms with Crippen molar-refractivity contribution in [3.63, 3.8) is 0 Å². The molecular weight excluding hydrogens is 320 g/mol. The van der Waals surface area contributed by atoms with Crippen LogP contribution in [0.5, 0.6) is 0 Å². The number of hydrogen-bond acceptors (Lipinski definition) is 4. The summed E-state index contributed by atoms with van der Waals surface area (Å²) < 4.78 is 3.13. The van der Waals surface area contributed by atoms with Crippen LogP contribution in [-0.4, -0.2) is 16.2 Å². The standard InChI is InChI=1S/C18H16N4OS/c1-10-8-11(2)15-12(9-10)16(17(23)19-15)20-21-18-22(3)13-6-4-5-7-14(13)24-18/h4-9H,1-3H3,(H,19,20,23). The Morgan fingerprint density at radius 3 is 2.71 bits per heavy atom. The maximum Gasteiger partial charge on any atom is 0.276 e. The van der Waals surface area contributed by atoms with Gasteiger partial charge in [0.2, 0.25) is 4.80 Å². The smallest absolute Gasteiger partial charge is 0.276 e. The van der Waals surface area contributed by atoms with Gasteiger partial charge in [-0.2, -0.15) is 0 Å². The van der Waals surface area contributed by atoms with Crippen molar-refractivity contribution in [1.29, 1.82) is 0 Å². The Labute approximate surface area is 143 Å². The summed E-state index contributed by atoms with van der Waals surface area (Å²) in [5.74, 6) is -0.203. The predicted molar refractivity (Wildman–Crippen MR) is 97.4 cm³/mol. The topological polar surface area (TPSA) is 58.8 Å². The van der Waals surface area contributed by atoms with Crippen LogP contribution in [0, 0.1) is 13.8 Å². The molecule has 0 spiro atoms. The van der Waals surface area contributed by atoms with Gasteiger partial charge in [0.15, 0.2) is 5.71 Å². The molecule has 4 rings (SSSR count). The largest absolute Gasteiger partial charge is 0.320 e. The van der Waals surface area contributed by atoms with Gasteiger partial charge >= 0.3 is 0 Å². The van der Waals surface area contributed by atoms with Crippen LogP contribution in [0.25, 0.3) is 10.2 Å². The quantitative estimate of drug-likeness (QED) is 0.682. The molecule has 1 aromatic heterocycles. The molecule has 0 aliphatic carbocycles. The molecule has 0 bridgehead atoms. The zero-order valence-electron chi connectivity index (χ0n) is 13.6. The number of carbonyl (C=O) groups excluding carboxylic acids is 1. The normalized spacial score (nSPS) is 16.0. The lowest BCUT2D eigenvalue weighted by atomic mass is 10.0. The number of nitrogens with zero attached hydrogens (tertiary/aromatic N) is 3. The maximum atomic E-state index is 12.3. The fraction of sp³-hybridized carbons (Fsp3) is 0.167. The molecule has 0 saturated heterocycles. The summed E-state index contributed by atoms with van der Waals surface area (Å²) >= 11 is 1.55. The Kier molecular flexibility index (Phi) is 3.35. The van der Waals surface area contributed by atoms with Gasteiger partial charge in [0.1, 0.15) is 0 Å². The Hall–Kier alpha value is -2.73. The molecule has 1 amide bonds. The van der Waals surface area contributed by atoms with Crippen molar-refractivity contribution in [1.82, 2.24) is 4.57 Å². The van der Waals surface area contributed by atoms with Crippen molar-refractivity contribution in [2.24, 2.45) is 17.3 Å². The molecule has 0 atom stereocenters. The van der Waals surface area contributed by atoms with Crippen LogP contribution in [0.3, 0.4) is 0 Å². The minimum Gasteiger partial charge on any atom is -0.320 e. The van der Waals surface area contributed by atoms with E-state index >= 15 is 0 Å². The minimum absolute atomic E-state index is 0.203. The van der Waals surface area contributed by atoms with Crippen LogP contribution in [0.2, 0.25) is 0 Å². The number of hydrogen-bond donors (Lipinski definition) is 1. The van der Waals surface area contributed by atoms with Crippen molar-refractivity contribution in [2.45, 2.75) is 13.8 Å². The van der Waals surface area contributed by atoms with Crippen LogP contribution < -0.4 is 10.1 Å². The number of anilines is 1. The van der Waals surface area contributed by atoms with Crippen molar-refractivity contribution in [2.75, 3.05) is 5.32 Å². The molecule has 120 valence electrons. The van der Waals surface area contributed by atoms with E-state index in [-0.39, 0.29) is 5.91 Å². The van der Waals surface area contributed by atoms with E-state index in [4.69, 9.17) is 0 Å². The maximum absolute atomic E-state index is 12.3. The average molecular weight is 336 g/mol. The van der Waals surface area contributed by atoms with Gasteiger partial charge in [0, 0.05) is 12.6 Å². The second kappa shape index (κ2) is 5.42. The second-order valence-corrected chi connectivity index (χ2v) is 6.93. The first kappa shape index (κ1) is 14.8. The highest BCUT2D eigenvalue weighted by molar-refractivity contribution is 7.16. The van der Waals surface area contributed by atoms with Crippen molar-refractivity contribution < 1.29 is 4.79 Å². The number of fused-ring (bicyclic) bond motifs is 2. The average Bonchev–Trinajstić information content (AvgIpc) is 3.04. The van der Waals surface area contributed by atoms with E-state index in [1.165, 1.54) is 0 Å². The Bertz CT molecular complexity index is 1090. The van der Waals surface area contributed by atoms with Crippen molar-refractivity contribution in [3.8, 4) is 0 Å². The third kappa shape index (κ3) is 2.27. The highest BCUT2D eigenvalue weighted by Gasteiger charge is 2.27. The van der Waals surface area contributed by atoms with E-state index in [1.807, 2.05) is 55.8 Å². The Morgan fingerprint density at radius 2 is 1.92 bits per heavy atom. The molecular formula is C18H16N4OS. The third-order valence-electron chi connectivity index (χ3n) is 4.14. The van der Waals surface area contributed by atoms with Crippen LogP contribution in [0.4, 0.5) is 5.69 Å². The molecule has 1 aliphatic heterocycles. The lowest BCUT2D eigenvalue weighted by Crippen LogP contribution is -2.15. The van der Waals surface area contributed by atoms with Gasteiger partial charge in [-0.3, -0.25) is 4.79 Å². The van der Waals surface area contributed by atoms with E-state index < -0.39 is 0 Å². The number of benzene rings is 2. The van der Waals surface area contributed by atoms with Crippen LogP contribution in [0.1, 0.15) is 16.7 Å². The molecule has 0 saturated carbocycles. The number of aryl methyl sites for hydroxylation is 3. The van der Waals surface area contributed by atoms with Crippen molar-refractivity contribution in [3.05, 3.63) is 57.9 Å². The first-order valence-corrected chi connectivity index (χ1v) is 8.45. The molecule has 0 fully saturated rings. The second-order valence-electron chi connectivity index (χ2n) is 5.92. The highest BCUT2D eigenvalue weighted by atomic mass is 32.1. The van der Waals surface area contributed by atoms with Crippen LogP contribution in [-0.2, 0) is 11.8 Å². The minimum atomic E-state index is -0.203. The molecule has 3 aromatic rings. The molecule has 6 heteroatoms. The molecule has 1 aliphatic rings. The zero-order valence-corrected chi connectivity index (χ0v) is 14.4. The fourth-order valence-electron chi connectivity index (χ4n) is 2.99. The van der Waals surface area contributed by atoms with Gasteiger partial charge < -0.3 is 9.88 Å². The molecule has 24 heavy (non-hydrogen) atoms. The number of para-hydroxylation sites is 1. The SMILES string of the molecule is Cc1cc(C)c2c(c1)C(=NN=c1sc3ccccc3n1C)C(=O)N2. The Balaban J connectivity index is 1.88. The van der Waals surface area contributed by atoms with E-state index in [1.54, 1.807) is 11.3 Å². The molecule has 2 heterocycles. The van der Waals surface area contributed by atoms with Gasteiger partial charge in [-0.15, -0.1) is 10.2 Å². The summed E-state index contributed by atoms with van der Waals surface area (Å²) in [5, 5.41) is 11.5. The van der Waals surface area contributed by atoms with E-state index in [0.717, 1.165) is 37.4 Å². The first-order valence-electron chi connectivity index (χ1n) is 7.64. The molecule has 0 unspecified atom stereocenters. The summed E-state index contributed by atoms with van der Waals surface area (Å²) in [4.78, 5) is 13.0. The summed E-state index contributed by atoms with van der Waals surface area (Å²) in [6, 6.07) is 12.1. The third-order valence-corrected chi connectivity index (χ3v) is 5.24. The molecule has 1 N–H and O–H groups in total. The summed E-state index contributed by atoms with van der Waals surface area (Å²) in [7, 11) is 1.95. The summed E-state index contributed by atoms with van der Waals surface area (Å²) in [6.45, 7) is 4.00. The molecule has 0 radical (unpaired) electrons. The van der Waals surface area contributed by atoms with E-state index in [0.29, 0.717) is 5.71 Å². The highest BCUT2D eigenvalue weighted by Crippen LogP contribution is 2.28. The Morgan fingerprint density at radius 1 is 1.12 bits per heavy atom. The summed E-state index contributed by atoms with van der Waals surface area (Å²) in [5.41, 5.74) is 5.27. The van der Waals surface area contributed by atoms with Gasteiger partial charge in [0.05, 0.1) is 15.9 Å². The number of aromatic nitrogens is 1. The number of carbonyl (C=O) groups is 1. The summed E-state index contributed by atoms with van der Waals surface area (Å²) in [6.07, 6.45) is 0. The van der Waals surface area contributed by atoms with Crippen LogP contribution >= 0.6 is 11.3 Å². The van der Waals surface area contributed by atoms with Gasteiger partial charge in [-0.1, -0.05) is 35.1 Å². The first-order chi connectivity index (χ1) is 11.5. The number of thiazole rings is 1. The molecule has 2 aromatic carbocycles. The number of nitrogens with one attached hydrogen (secondary N) is 1. The van der Waals surface area contributed by atoms with E-state index in [2.05, 4.69) is 21.6 Å². The lowest BCUT2D eigenvalue weighted by Gasteiger charge is -2.03. The molecule has 5 nitrogen and oxygen atoms in total. The van der Waals surface area contributed by atoms with Gasteiger partial charge in [-0.25, -0.2) is 0 Å². The lowest BCUT2D eigenvalue weighted by molar-refractivity contribution is -0.110. The number of amides is 1. The van der Waals surface area contributed by atoms with Crippen LogP contribution in [0.15, 0.2) is 46.6 Å². The predicted octanol–water partition coefficient (Wildman–Crippen LogP) is 3.11. The monoisotopic (exact) mass is 336 g/mol. The van der Waals surface area contributed by atoms with Gasteiger partial charge in [-0.05, 0) is 37.6 Å². The number of rotatable bonds is 1. The fourth-order valence-corrected chi connectivity index (χ4v) is 3.96. The van der Waals surface area contributed by atoms with Crippen molar-refractivity contribution >= 4 is 38.9 Å².